The molecule has 0 fully saturated rings. The molecule has 0 aliphatic carbocycles. The molecule has 2 heteroatoms. The molecule has 1 radical (unpaired) electrons. The monoisotopic (exact) mass is 147 g/mol. The van der Waals surface area contributed by atoms with Gasteiger partial charge in [0.15, 0.2) is 0 Å². The molecule has 0 aromatic carbocycles. The lowest BCUT2D eigenvalue weighted by Gasteiger charge is -2.00. The minimum atomic E-state index is -1.61. The van der Waals surface area contributed by atoms with E-state index < -0.39 is 6.43 Å². The van der Waals surface area contributed by atoms with E-state index in [9.17, 15) is 8.78 Å². The van der Waals surface area contributed by atoms with Gasteiger partial charge in [0.05, 0.1) is 0 Å². The highest BCUT2D eigenvalue weighted by Gasteiger charge is 2.08. The molecule has 0 spiro atoms. The SMILES string of the molecule is C=C(CCCCC)[C](F)F. The maximum atomic E-state index is 11.7. The maximum absolute atomic E-state index is 11.7. The first-order valence-corrected chi connectivity index (χ1v) is 3.54. The second kappa shape index (κ2) is 5.39. The Kier molecular flexibility index (Phi) is 5.17. The first kappa shape index (κ1) is 9.60. The second-order valence-corrected chi connectivity index (χ2v) is 2.32. The van der Waals surface area contributed by atoms with Crippen LogP contribution in [0, 0.1) is 6.43 Å². The van der Waals surface area contributed by atoms with Crippen molar-refractivity contribution in [2.75, 3.05) is 0 Å². The van der Waals surface area contributed by atoms with Crippen LogP contribution in [0.4, 0.5) is 8.78 Å². The van der Waals surface area contributed by atoms with E-state index in [1.807, 2.05) is 6.92 Å². The minimum absolute atomic E-state index is 0.00606. The number of hydrogen-bond donors (Lipinski definition) is 0. The zero-order chi connectivity index (χ0) is 7.98. The van der Waals surface area contributed by atoms with Crippen LogP contribution in [0.25, 0.3) is 0 Å². The predicted octanol–water partition coefficient (Wildman–Crippen LogP) is 3.55. The zero-order valence-electron chi connectivity index (χ0n) is 6.29. The van der Waals surface area contributed by atoms with Crippen molar-refractivity contribution in [3.05, 3.63) is 18.6 Å². The highest BCUT2D eigenvalue weighted by atomic mass is 19.3. The summed E-state index contributed by atoms with van der Waals surface area (Å²) in [7, 11) is 0. The van der Waals surface area contributed by atoms with Crippen LogP contribution in [0.1, 0.15) is 32.6 Å². The first-order valence-electron chi connectivity index (χ1n) is 3.54. The Morgan fingerprint density at radius 2 is 1.90 bits per heavy atom. The normalized spacial score (nSPS) is 10.4. The molecule has 0 atom stereocenters. The Labute approximate surface area is 60.9 Å². The number of hydrogen-bond acceptors (Lipinski definition) is 0. The molecule has 0 saturated heterocycles. The van der Waals surface area contributed by atoms with Gasteiger partial charge in [-0.15, -0.1) is 0 Å². The van der Waals surface area contributed by atoms with Crippen molar-refractivity contribution in [3.8, 4) is 0 Å². The van der Waals surface area contributed by atoms with Gasteiger partial charge in [-0.05, 0) is 18.4 Å². The summed E-state index contributed by atoms with van der Waals surface area (Å²) in [6.07, 6.45) is 1.71. The molecule has 0 rings (SSSR count). The molecule has 0 bridgehead atoms. The van der Waals surface area contributed by atoms with E-state index in [-0.39, 0.29) is 5.57 Å². The largest absolute Gasteiger partial charge is 0.335 e. The van der Waals surface area contributed by atoms with Crippen LogP contribution in [0.2, 0.25) is 0 Å². The van der Waals surface area contributed by atoms with Crippen molar-refractivity contribution in [1.82, 2.24) is 0 Å². The van der Waals surface area contributed by atoms with E-state index in [1.54, 1.807) is 0 Å². The van der Waals surface area contributed by atoms with Gasteiger partial charge in [0.2, 0.25) is 0 Å². The van der Waals surface area contributed by atoms with Gasteiger partial charge in [-0.1, -0.05) is 26.3 Å². The summed E-state index contributed by atoms with van der Waals surface area (Å²) in [5, 5.41) is 0. The molecule has 0 unspecified atom stereocenters. The molecule has 0 amide bonds. The van der Waals surface area contributed by atoms with Crippen LogP contribution in [0.3, 0.4) is 0 Å². The lowest BCUT2D eigenvalue weighted by atomic mass is 10.1. The van der Waals surface area contributed by atoms with Gasteiger partial charge in [0, 0.05) is 0 Å². The molecule has 0 nitrogen and oxygen atoms in total. The fourth-order valence-electron chi connectivity index (χ4n) is 0.683. The Balaban J connectivity index is 3.22. The summed E-state index contributed by atoms with van der Waals surface area (Å²) >= 11 is 0. The fraction of sp³-hybridized carbons (Fsp3) is 0.625. The topological polar surface area (TPSA) is 0 Å². The molecule has 59 valence electrons. The van der Waals surface area contributed by atoms with Gasteiger partial charge in [-0.2, -0.15) is 8.78 Å². The summed E-state index contributed by atoms with van der Waals surface area (Å²) in [6, 6.07) is 0. The standard InChI is InChI=1S/C8H13F2/c1-3-4-5-6-7(2)8(9)10/h2-6H2,1H3. The summed E-state index contributed by atoms with van der Waals surface area (Å²) in [5.74, 6) is 0. The summed E-state index contributed by atoms with van der Waals surface area (Å²) < 4.78 is 23.3. The number of allylic oxidation sites excluding steroid dienone is 1. The predicted molar refractivity (Wildman–Crippen MR) is 38.7 cm³/mol. The molecule has 0 N–H and O–H groups in total. The van der Waals surface area contributed by atoms with Crippen molar-refractivity contribution in [2.24, 2.45) is 0 Å². The van der Waals surface area contributed by atoms with E-state index in [4.69, 9.17) is 0 Å². The Morgan fingerprint density at radius 1 is 1.30 bits per heavy atom. The van der Waals surface area contributed by atoms with Crippen LogP contribution < -0.4 is 0 Å². The second-order valence-electron chi connectivity index (χ2n) is 2.32. The molecule has 0 aliphatic rings. The number of halogens is 2. The van der Waals surface area contributed by atoms with E-state index >= 15 is 0 Å². The van der Waals surface area contributed by atoms with Crippen LogP contribution >= 0.6 is 0 Å². The average Bonchev–Trinajstić information content (AvgIpc) is 1.88. The molecule has 0 aromatic rings. The highest BCUT2D eigenvalue weighted by Crippen LogP contribution is 2.20. The fourth-order valence-corrected chi connectivity index (χ4v) is 0.683. The number of unbranched alkanes of at least 4 members (excludes halogenated alkanes) is 2. The summed E-state index contributed by atoms with van der Waals surface area (Å²) in [5.41, 5.74) is -0.00606. The zero-order valence-corrected chi connectivity index (χ0v) is 6.29. The molecule has 0 aromatic heterocycles. The quantitative estimate of drug-likeness (QED) is 0.521. The Hall–Kier alpha value is -0.400. The molecule has 0 aliphatic heterocycles. The minimum Gasteiger partial charge on any atom is -0.194 e. The smallest absolute Gasteiger partial charge is 0.194 e. The van der Waals surface area contributed by atoms with E-state index in [1.165, 1.54) is 0 Å². The lowest BCUT2D eigenvalue weighted by Crippen LogP contribution is -1.86. The highest BCUT2D eigenvalue weighted by molar-refractivity contribution is 5.07. The third-order valence-corrected chi connectivity index (χ3v) is 1.35. The van der Waals surface area contributed by atoms with Crippen LogP contribution in [-0.4, -0.2) is 0 Å². The summed E-state index contributed by atoms with van der Waals surface area (Å²) in [4.78, 5) is 0. The van der Waals surface area contributed by atoms with Gasteiger partial charge in [-0.3, -0.25) is 0 Å². The maximum Gasteiger partial charge on any atom is 0.335 e. The van der Waals surface area contributed by atoms with Crippen molar-refractivity contribution in [2.45, 2.75) is 32.6 Å². The lowest BCUT2D eigenvalue weighted by molar-refractivity contribution is 0.313. The van der Waals surface area contributed by atoms with Crippen molar-refractivity contribution in [1.29, 1.82) is 0 Å². The van der Waals surface area contributed by atoms with Gasteiger partial charge in [-0.25, -0.2) is 0 Å². The van der Waals surface area contributed by atoms with Gasteiger partial charge >= 0.3 is 6.43 Å². The third kappa shape index (κ3) is 4.48. The third-order valence-electron chi connectivity index (χ3n) is 1.35. The van der Waals surface area contributed by atoms with Gasteiger partial charge < -0.3 is 0 Å². The molecular weight excluding hydrogens is 134 g/mol. The van der Waals surface area contributed by atoms with Crippen LogP contribution in [0.15, 0.2) is 12.2 Å². The van der Waals surface area contributed by atoms with Gasteiger partial charge in [0.1, 0.15) is 0 Å². The van der Waals surface area contributed by atoms with Crippen molar-refractivity contribution >= 4 is 0 Å². The Bertz CT molecular complexity index is 97.4. The van der Waals surface area contributed by atoms with Crippen LogP contribution in [0.5, 0.6) is 0 Å². The summed E-state index contributed by atoms with van der Waals surface area (Å²) in [6.45, 7) is 5.28. The molecule has 10 heavy (non-hydrogen) atoms. The van der Waals surface area contributed by atoms with E-state index in [0.717, 1.165) is 19.3 Å². The molecule has 0 heterocycles. The van der Waals surface area contributed by atoms with Crippen molar-refractivity contribution in [3.63, 3.8) is 0 Å². The molecular formula is C8H13F2. The van der Waals surface area contributed by atoms with Crippen molar-refractivity contribution < 1.29 is 8.78 Å². The Morgan fingerprint density at radius 3 is 2.30 bits per heavy atom. The molecule has 0 saturated carbocycles. The van der Waals surface area contributed by atoms with E-state index in [0.29, 0.717) is 6.42 Å². The average molecular weight is 147 g/mol. The number of rotatable bonds is 5. The van der Waals surface area contributed by atoms with E-state index in [2.05, 4.69) is 6.58 Å². The van der Waals surface area contributed by atoms with Crippen LogP contribution in [-0.2, 0) is 0 Å². The first-order chi connectivity index (χ1) is 4.68. The van der Waals surface area contributed by atoms with Gasteiger partial charge in [0.25, 0.3) is 0 Å².